The Morgan fingerprint density at radius 2 is 1.92 bits per heavy atom. The zero-order chi connectivity index (χ0) is 36.2. The molecule has 1 unspecified atom stereocenters. The topological polar surface area (TPSA) is 113 Å². The second-order valence-electron chi connectivity index (χ2n) is 15.7. The van der Waals surface area contributed by atoms with Gasteiger partial charge in [-0.2, -0.15) is 9.97 Å². The van der Waals surface area contributed by atoms with E-state index in [1.165, 1.54) is 18.3 Å². The Balaban J connectivity index is 1.21. The number of piperidine rings is 1. The van der Waals surface area contributed by atoms with Crippen molar-refractivity contribution >= 4 is 27.5 Å². The first-order chi connectivity index (χ1) is 25.1. The Morgan fingerprint density at radius 3 is 2.75 bits per heavy atom. The molecule has 8 rings (SSSR count). The largest absolute Gasteiger partial charge is 0.508 e. The lowest BCUT2D eigenvalue weighted by atomic mass is 9.74. The summed E-state index contributed by atoms with van der Waals surface area (Å²) in [5.74, 6) is -0.821. The number of ether oxygens (including phenoxy) is 3. The number of phenols is 1. The van der Waals surface area contributed by atoms with Gasteiger partial charge >= 0.3 is 6.01 Å². The van der Waals surface area contributed by atoms with Crippen LogP contribution in [0.3, 0.4) is 0 Å². The highest BCUT2D eigenvalue weighted by Gasteiger charge is 2.50. The summed E-state index contributed by atoms with van der Waals surface area (Å²) in [6, 6.07) is 6.84. The highest BCUT2D eigenvalue weighted by Crippen LogP contribution is 2.49. The molecule has 0 radical (unpaired) electrons. The standard InChI is InChI=1S/C40H49F2N5O5/c1-4-28-31(41)9-8-25-18-27(48)19-29(33(25)28)35-34(42)36-30(20-43-35)37(46-14-16-50-22-39(3,49)21-46)45-38(44-36)52-23-40-11-5-7-32(40)47(13-6-12-40)26-10-15-51-24(2)17-26/h8-9,18-20,24,26,32,48-49H,4-7,10-17,21-23H2,1-3H3/t24-,26?,32-,39+,40-/m1/s1. The van der Waals surface area contributed by atoms with Crippen LogP contribution in [0.25, 0.3) is 32.9 Å². The fourth-order valence-electron chi connectivity index (χ4n) is 9.59. The fourth-order valence-corrected chi connectivity index (χ4v) is 9.59. The molecule has 5 heterocycles. The lowest BCUT2D eigenvalue weighted by Gasteiger charge is -2.50. The van der Waals surface area contributed by atoms with E-state index in [-0.39, 0.29) is 53.2 Å². The number of aryl methyl sites for hydroxylation is 1. The average molecular weight is 718 g/mol. The van der Waals surface area contributed by atoms with Crippen molar-refractivity contribution in [2.24, 2.45) is 5.41 Å². The molecule has 3 saturated heterocycles. The molecule has 2 aromatic carbocycles. The van der Waals surface area contributed by atoms with Gasteiger partial charge in [0.2, 0.25) is 0 Å². The third-order valence-corrected chi connectivity index (χ3v) is 11.9. The molecule has 5 atom stereocenters. The molecule has 52 heavy (non-hydrogen) atoms. The molecule has 3 aliphatic heterocycles. The highest BCUT2D eigenvalue weighted by molar-refractivity contribution is 6.01. The zero-order valence-electron chi connectivity index (χ0n) is 30.3. The fraction of sp³-hybridized carbons (Fsp3) is 0.575. The van der Waals surface area contributed by atoms with Gasteiger partial charge in [-0.05, 0) is 99.9 Å². The summed E-state index contributed by atoms with van der Waals surface area (Å²) in [5.41, 5.74) is -0.611. The first kappa shape index (κ1) is 35.3. The number of β-amino-alcohol motifs (C(OH)–C–C–N with tert-alkyl or cyclic N) is 1. The smallest absolute Gasteiger partial charge is 0.319 e. The number of aromatic hydroxyl groups is 1. The Labute approximate surface area is 303 Å². The van der Waals surface area contributed by atoms with E-state index in [4.69, 9.17) is 24.2 Å². The number of halogens is 2. The molecule has 4 fully saturated rings. The van der Waals surface area contributed by atoms with E-state index in [0.717, 1.165) is 58.1 Å². The third kappa shape index (κ3) is 6.45. The number of likely N-dealkylation sites (tertiary alicyclic amines) is 1. The molecule has 4 aromatic rings. The minimum atomic E-state index is -1.18. The van der Waals surface area contributed by atoms with Gasteiger partial charge in [-0.3, -0.25) is 9.88 Å². The van der Waals surface area contributed by atoms with Gasteiger partial charge in [-0.1, -0.05) is 19.4 Å². The molecular weight excluding hydrogens is 668 g/mol. The van der Waals surface area contributed by atoms with Gasteiger partial charge < -0.3 is 29.3 Å². The Kier molecular flexibility index (Phi) is 9.46. The van der Waals surface area contributed by atoms with Crippen molar-refractivity contribution in [1.82, 2.24) is 19.9 Å². The molecule has 0 spiro atoms. The SMILES string of the molecule is CCc1c(F)ccc2cc(O)cc(-c3ncc4c(N5CCOC[C@@](C)(O)C5)nc(OC[C@]56CCC[C@H]5N(C5CCO[C@H](C)C5)CCC6)nc4c3F)c12. The van der Waals surface area contributed by atoms with Crippen molar-refractivity contribution in [3.05, 3.63) is 47.7 Å². The monoisotopic (exact) mass is 717 g/mol. The van der Waals surface area contributed by atoms with Gasteiger partial charge in [-0.25, -0.2) is 8.78 Å². The molecule has 10 nitrogen and oxygen atoms in total. The first-order valence-corrected chi connectivity index (χ1v) is 18.9. The van der Waals surface area contributed by atoms with E-state index in [2.05, 4.69) is 16.8 Å². The average Bonchev–Trinajstić information content (AvgIpc) is 3.47. The Hall–Kier alpha value is -3.71. The predicted molar refractivity (Wildman–Crippen MR) is 195 cm³/mol. The predicted octanol–water partition coefficient (Wildman–Crippen LogP) is 6.56. The van der Waals surface area contributed by atoms with E-state index in [0.29, 0.717) is 65.8 Å². The molecule has 12 heteroatoms. The van der Waals surface area contributed by atoms with Crippen LogP contribution in [0, 0.1) is 17.0 Å². The quantitative estimate of drug-likeness (QED) is 0.218. The van der Waals surface area contributed by atoms with Crippen molar-refractivity contribution in [3.63, 3.8) is 0 Å². The summed E-state index contributed by atoms with van der Waals surface area (Å²) in [7, 11) is 0. The van der Waals surface area contributed by atoms with Crippen LogP contribution in [0.4, 0.5) is 14.6 Å². The molecule has 1 aliphatic carbocycles. The van der Waals surface area contributed by atoms with Crippen molar-refractivity contribution in [3.8, 4) is 23.0 Å². The normalized spacial score (nSPS) is 28.7. The number of phenolic OH excluding ortho intramolecular Hbond substituents is 1. The van der Waals surface area contributed by atoms with Gasteiger partial charge in [0.15, 0.2) is 5.82 Å². The van der Waals surface area contributed by atoms with Crippen LogP contribution >= 0.6 is 0 Å². The molecule has 2 N–H and O–H groups in total. The van der Waals surface area contributed by atoms with Gasteiger partial charge in [0, 0.05) is 42.4 Å². The molecule has 0 amide bonds. The minimum absolute atomic E-state index is 0.00249. The number of nitrogens with zero attached hydrogens (tertiary/aromatic N) is 5. The van der Waals surface area contributed by atoms with Gasteiger partial charge in [-0.15, -0.1) is 0 Å². The maximum absolute atomic E-state index is 17.1. The minimum Gasteiger partial charge on any atom is -0.508 e. The molecule has 0 bridgehead atoms. The number of benzene rings is 2. The molecule has 4 aliphatic rings. The van der Waals surface area contributed by atoms with Crippen LogP contribution in [0.1, 0.15) is 71.3 Å². The second-order valence-corrected chi connectivity index (χ2v) is 15.7. The van der Waals surface area contributed by atoms with Crippen LogP contribution in [0.2, 0.25) is 0 Å². The Bertz CT molecular complexity index is 1980. The summed E-state index contributed by atoms with van der Waals surface area (Å²) in [4.78, 5) is 18.8. The number of anilines is 1. The van der Waals surface area contributed by atoms with E-state index >= 15 is 8.78 Å². The van der Waals surface area contributed by atoms with Crippen molar-refractivity contribution < 1.29 is 33.2 Å². The van der Waals surface area contributed by atoms with Crippen molar-refractivity contribution in [1.29, 1.82) is 0 Å². The van der Waals surface area contributed by atoms with Crippen LogP contribution in [0.5, 0.6) is 11.8 Å². The number of fused-ring (bicyclic) bond motifs is 3. The van der Waals surface area contributed by atoms with Crippen LogP contribution in [-0.2, 0) is 15.9 Å². The lowest BCUT2D eigenvalue weighted by Crippen LogP contribution is -2.57. The third-order valence-electron chi connectivity index (χ3n) is 11.9. The number of hydrogen-bond acceptors (Lipinski definition) is 10. The van der Waals surface area contributed by atoms with Crippen molar-refractivity contribution in [2.45, 2.75) is 95.9 Å². The number of hydrogen-bond donors (Lipinski definition) is 2. The summed E-state index contributed by atoms with van der Waals surface area (Å²) in [6.45, 7) is 9.08. The van der Waals surface area contributed by atoms with E-state index in [1.807, 2.05) is 11.8 Å². The number of rotatable bonds is 7. The summed E-state index contributed by atoms with van der Waals surface area (Å²) in [6.07, 6.45) is 9.62. The summed E-state index contributed by atoms with van der Waals surface area (Å²) < 4.78 is 50.4. The highest BCUT2D eigenvalue weighted by atomic mass is 19.1. The van der Waals surface area contributed by atoms with Gasteiger partial charge in [0.1, 0.15) is 34.2 Å². The molecule has 278 valence electrons. The lowest BCUT2D eigenvalue weighted by molar-refractivity contribution is -0.0701. The van der Waals surface area contributed by atoms with Crippen molar-refractivity contribution in [2.75, 3.05) is 51.0 Å². The van der Waals surface area contributed by atoms with E-state index in [1.54, 1.807) is 19.1 Å². The van der Waals surface area contributed by atoms with Crippen LogP contribution < -0.4 is 9.64 Å². The molecule has 2 aromatic heterocycles. The van der Waals surface area contributed by atoms with E-state index in [9.17, 15) is 10.2 Å². The van der Waals surface area contributed by atoms with Crippen LogP contribution in [0.15, 0.2) is 30.5 Å². The maximum atomic E-state index is 17.1. The zero-order valence-corrected chi connectivity index (χ0v) is 30.3. The second kappa shape index (κ2) is 13.9. The summed E-state index contributed by atoms with van der Waals surface area (Å²) in [5, 5.41) is 23.2. The van der Waals surface area contributed by atoms with Gasteiger partial charge in [0.25, 0.3) is 0 Å². The molecular formula is C40H49F2N5O5. The number of pyridine rings is 1. The number of aliphatic hydroxyl groups is 1. The van der Waals surface area contributed by atoms with Crippen LogP contribution in [-0.4, -0.2) is 99.9 Å². The van der Waals surface area contributed by atoms with Gasteiger partial charge in [0.05, 0.1) is 37.9 Å². The van der Waals surface area contributed by atoms with E-state index < -0.39 is 17.2 Å². The first-order valence-electron chi connectivity index (χ1n) is 18.9. The maximum Gasteiger partial charge on any atom is 0.319 e. The molecule has 1 saturated carbocycles. The summed E-state index contributed by atoms with van der Waals surface area (Å²) >= 11 is 0. The Morgan fingerprint density at radius 1 is 1.08 bits per heavy atom. The number of aromatic nitrogens is 3.